The van der Waals surface area contributed by atoms with E-state index in [0.717, 1.165) is 0 Å². The summed E-state index contributed by atoms with van der Waals surface area (Å²) in [7, 11) is 0. The number of amides is 1. The second-order valence-corrected chi connectivity index (χ2v) is 6.22. The van der Waals surface area contributed by atoms with Crippen molar-refractivity contribution in [3.63, 3.8) is 0 Å². The van der Waals surface area contributed by atoms with Gasteiger partial charge in [-0.25, -0.2) is 4.98 Å². The van der Waals surface area contributed by atoms with E-state index in [9.17, 15) is 9.59 Å². The number of benzene rings is 1. The van der Waals surface area contributed by atoms with Crippen molar-refractivity contribution >= 4 is 33.1 Å². The van der Waals surface area contributed by atoms with Gasteiger partial charge in [0, 0.05) is 12.2 Å². The summed E-state index contributed by atoms with van der Waals surface area (Å²) < 4.78 is 1.51. The number of rotatable bonds is 3. The summed E-state index contributed by atoms with van der Waals surface area (Å²) in [5.74, 6) is -0.312. The minimum absolute atomic E-state index is 0.137. The van der Waals surface area contributed by atoms with Gasteiger partial charge < -0.3 is 5.32 Å². The van der Waals surface area contributed by atoms with Crippen LogP contribution >= 0.6 is 11.3 Å². The number of anilines is 1. The molecule has 0 spiro atoms. The molecule has 0 unspecified atom stereocenters. The first-order chi connectivity index (χ1) is 11.5. The summed E-state index contributed by atoms with van der Waals surface area (Å²) in [5, 5.41) is 12.2. The molecule has 3 aromatic rings. The van der Waals surface area contributed by atoms with E-state index in [1.165, 1.54) is 22.2 Å². The number of nitrogens with one attached hydrogen (secondary N) is 1. The van der Waals surface area contributed by atoms with Crippen LogP contribution in [0.2, 0.25) is 0 Å². The largest absolute Gasteiger partial charge is 0.321 e. The maximum absolute atomic E-state index is 12.5. The number of nitriles is 1. The average Bonchev–Trinajstić information content (AvgIpc) is 2.93. The number of carbonyl (C=O) groups is 1. The molecule has 1 N–H and O–H groups in total. The van der Waals surface area contributed by atoms with E-state index in [1.54, 1.807) is 31.2 Å². The zero-order chi connectivity index (χ0) is 17.3. The number of hydrogen-bond donors (Lipinski definition) is 1. The highest BCUT2D eigenvalue weighted by Crippen LogP contribution is 2.27. The third-order valence-electron chi connectivity index (χ3n) is 3.71. The summed E-state index contributed by atoms with van der Waals surface area (Å²) in [4.78, 5) is 30.2. The molecule has 6 nitrogen and oxygen atoms in total. The number of aryl methyl sites for hydroxylation is 2. The number of fused-ring (bicyclic) bond motifs is 1. The van der Waals surface area contributed by atoms with Crippen molar-refractivity contribution in [3.8, 4) is 6.07 Å². The first kappa shape index (κ1) is 15.9. The van der Waals surface area contributed by atoms with Crippen molar-refractivity contribution in [2.45, 2.75) is 20.4 Å². The second kappa shape index (κ2) is 6.26. The smallest absolute Gasteiger partial charge is 0.266 e. The molecule has 0 atom stereocenters. The van der Waals surface area contributed by atoms with Gasteiger partial charge in [-0.3, -0.25) is 14.2 Å². The van der Waals surface area contributed by atoms with Gasteiger partial charge in [-0.15, -0.1) is 11.3 Å². The molecule has 0 saturated carbocycles. The fourth-order valence-corrected chi connectivity index (χ4v) is 3.49. The first-order valence-corrected chi connectivity index (χ1v) is 8.16. The highest BCUT2D eigenvalue weighted by atomic mass is 32.1. The van der Waals surface area contributed by atoms with Crippen LogP contribution in [-0.2, 0) is 6.54 Å². The molecule has 3 rings (SSSR count). The number of carbonyl (C=O) groups excluding carboxylic acids is 1. The Kier molecular flexibility index (Phi) is 4.15. The monoisotopic (exact) mass is 338 g/mol. The van der Waals surface area contributed by atoms with Crippen LogP contribution in [0.5, 0.6) is 0 Å². The molecule has 120 valence electrons. The molecule has 0 bridgehead atoms. The Hall–Kier alpha value is -2.98. The van der Waals surface area contributed by atoms with Crippen molar-refractivity contribution in [2.24, 2.45) is 0 Å². The Morgan fingerprint density at radius 1 is 1.46 bits per heavy atom. The van der Waals surface area contributed by atoms with Crippen LogP contribution < -0.4 is 10.9 Å². The fraction of sp³-hybridized carbons (Fsp3) is 0.176. The summed E-state index contributed by atoms with van der Waals surface area (Å²) in [6, 6.07) is 8.71. The number of aromatic nitrogens is 2. The molecule has 0 radical (unpaired) electrons. The van der Waals surface area contributed by atoms with E-state index in [1.807, 2.05) is 13.0 Å². The summed E-state index contributed by atoms with van der Waals surface area (Å²) in [6.07, 6.45) is 1.50. The van der Waals surface area contributed by atoms with Crippen molar-refractivity contribution < 1.29 is 4.79 Å². The molecule has 24 heavy (non-hydrogen) atoms. The van der Waals surface area contributed by atoms with Crippen LogP contribution in [-0.4, -0.2) is 15.5 Å². The fourth-order valence-electron chi connectivity index (χ4n) is 2.46. The Morgan fingerprint density at radius 2 is 2.25 bits per heavy atom. The Bertz CT molecular complexity index is 1040. The van der Waals surface area contributed by atoms with Crippen LogP contribution in [0, 0.1) is 18.3 Å². The van der Waals surface area contributed by atoms with Gasteiger partial charge in [0.15, 0.2) is 0 Å². The lowest BCUT2D eigenvalue weighted by molar-refractivity contribution is 0.103. The topological polar surface area (TPSA) is 87.8 Å². The second-order valence-electron chi connectivity index (χ2n) is 5.22. The zero-order valence-corrected chi connectivity index (χ0v) is 14.0. The third-order valence-corrected chi connectivity index (χ3v) is 4.91. The molecular formula is C17H14N4O2S. The van der Waals surface area contributed by atoms with Crippen LogP contribution in [0.15, 0.2) is 35.4 Å². The van der Waals surface area contributed by atoms with E-state index in [-0.39, 0.29) is 11.5 Å². The van der Waals surface area contributed by atoms with Crippen molar-refractivity contribution in [1.29, 1.82) is 5.26 Å². The molecule has 0 saturated heterocycles. The molecule has 7 heteroatoms. The third kappa shape index (κ3) is 2.68. The minimum atomic E-state index is -0.312. The molecule has 0 aliphatic carbocycles. The van der Waals surface area contributed by atoms with E-state index >= 15 is 0 Å². The molecule has 0 aliphatic rings. The predicted octanol–water partition coefficient (Wildman–Crippen LogP) is 2.91. The summed E-state index contributed by atoms with van der Waals surface area (Å²) in [5.41, 5.74) is 1.49. The maximum Gasteiger partial charge on any atom is 0.266 e. The van der Waals surface area contributed by atoms with E-state index in [4.69, 9.17) is 5.26 Å². The molecule has 1 aromatic carbocycles. The average molecular weight is 338 g/mol. The van der Waals surface area contributed by atoms with Gasteiger partial charge in [-0.1, -0.05) is 6.07 Å². The zero-order valence-electron chi connectivity index (χ0n) is 13.2. The highest BCUT2D eigenvalue weighted by molar-refractivity contribution is 7.20. The number of thiophene rings is 1. The maximum atomic E-state index is 12.5. The van der Waals surface area contributed by atoms with Gasteiger partial charge in [0.05, 0.1) is 28.2 Å². The molecule has 0 fully saturated rings. The van der Waals surface area contributed by atoms with Crippen molar-refractivity contribution in [2.75, 3.05) is 5.32 Å². The Balaban J connectivity index is 2.01. The highest BCUT2D eigenvalue weighted by Gasteiger charge is 2.19. The molecule has 1 amide bonds. The molecule has 0 aliphatic heterocycles. The standard InChI is InChI=1S/C17H14N4O2S/c1-3-21-9-19-16-13(17(21)23)10(2)14(24-16)15(22)20-12-6-4-5-11(7-12)8-18/h4-7,9H,3H2,1-2H3,(H,20,22). The van der Waals surface area contributed by atoms with Gasteiger partial charge in [0.25, 0.3) is 11.5 Å². The lowest BCUT2D eigenvalue weighted by atomic mass is 10.2. The Labute approximate surface area is 142 Å². The summed E-state index contributed by atoms with van der Waals surface area (Å²) >= 11 is 1.19. The molecule has 2 aromatic heterocycles. The van der Waals surface area contributed by atoms with Gasteiger partial charge in [0.1, 0.15) is 4.83 Å². The van der Waals surface area contributed by atoms with Gasteiger partial charge >= 0.3 is 0 Å². The van der Waals surface area contributed by atoms with Gasteiger partial charge in [0.2, 0.25) is 0 Å². The van der Waals surface area contributed by atoms with Crippen molar-refractivity contribution in [3.05, 3.63) is 57.0 Å². The lowest BCUT2D eigenvalue weighted by Gasteiger charge is -2.04. The SMILES string of the molecule is CCn1cnc2sc(C(=O)Nc3cccc(C#N)c3)c(C)c2c1=O. The van der Waals surface area contributed by atoms with Gasteiger partial charge in [-0.2, -0.15) is 5.26 Å². The predicted molar refractivity (Wildman–Crippen MR) is 93.4 cm³/mol. The minimum Gasteiger partial charge on any atom is -0.321 e. The quantitative estimate of drug-likeness (QED) is 0.795. The lowest BCUT2D eigenvalue weighted by Crippen LogP contribution is -2.19. The number of hydrogen-bond acceptors (Lipinski definition) is 5. The number of nitrogens with zero attached hydrogens (tertiary/aromatic N) is 3. The van der Waals surface area contributed by atoms with Crippen LogP contribution in [0.1, 0.15) is 27.7 Å². The Morgan fingerprint density at radius 3 is 2.96 bits per heavy atom. The van der Waals surface area contributed by atoms with E-state index < -0.39 is 0 Å². The first-order valence-electron chi connectivity index (χ1n) is 7.35. The van der Waals surface area contributed by atoms with Gasteiger partial charge in [-0.05, 0) is 37.6 Å². The van der Waals surface area contributed by atoms with Crippen LogP contribution in [0.3, 0.4) is 0 Å². The molecule has 2 heterocycles. The molecular weight excluding hydrogens is 324 g/mol. The van der Waals surface area contributed by atoms with Crippen LogP contribution in [0.25, 0.3) is 10.2 Å². The van der Waals surface area contributed by atoms with E-state index in [0.29, 0.717) is 38.5 Å². The van der Waals surface area contributed by atoms with Crippen LogP contribution in [0.4, 0.5) is 5.69 Å². The normalized spacial score (nSPS) is 10.5. The van der Waals surface area contributed by atoms with Crippen molar-refractivity contribution in [1.82, 2.24) is 9.55 Å². The summed E-state index contributed by atoms with van der Waals surface area (Å²) in [6.45, 7) is 4.15. The van der Waals surface area contributed by atoms with E-state index in [2.05, 4.69) is 10.3 Å².